The Hall–Kier alpha value is -3.25. The molecule has 0 bridgehead atoms. The standard InChI is InChI=1S/C22H19NO4S/c1-16-8-14-21(15-9-16)28(26,27)23(20-6-4-3-5-7-20)22(25)19-12-10-18(11-13-19)17(2)24/h3-15H,1-2H3. The highest BCUT2D eigenvalue weighted by molar-refractivity contribution is 7.93. The lowest BCUT2D eigenvalue weighted by Crippen LogP contribution is -2.37. The van der Waals surface area contributed by atoms with E-state index in [-0.39, 0.29) is 21.9 Å². The van der Waals surface area contributed by atoms with E-state index in [9.17, 15) is 18.0 Å². The molecular weight excluding hydrogens is 374 g/mol. The molecule has 0 aliphatic heterocycles. The first-order chi connectivity index (χ1) is 13.3. The van der Waals surface area contributed by atoms with Crippen molar-refractivity contribution < 1.29 is 18.0 Å². The Labute approximate surface area is 164 Å². The molecular formula is C22H19NO4S. The molecule has 0 saturated heterocycles. The van der Waals surface area contributed by atoms with E-state index in [2.05, 4.69) is 0 Å². The zero-order chi connectivity index (χ0) is 20.3. The van der Waals surface area contributed by atoms with Crippen LogP contribution in [0.5, 0.6) is 0 Å². The van der Waals surface area contributed by atoms with Crippen LogP contribution in [0.3, 0.4) is 0 Å². The van der Waals surface area contributed by atoms with Crippen molar-refractivity contribution in [2.75, 3.05) is 4.31 Å². The van der Waals surface area contributed by atoms with Gasteiger partial charge in [-0.05, 0) is 50.2 Å². The molecule has 3 aromatic rings. The predicted octanol–water partition coefficient (Wildman–Crippen LogP) is 4.23. The van der Waals surface area contributed by atoms with Gasteiger partial charge in [-0.3, -0.25) is 9.59 Å². The van der Waals surface area contributed by atoms with Gasteiger partial charge in [0.15, 0.2) is 5.78 Å². The summed E-state index contributed by atoms with van der Waals surface area (Å²) in [5, 5.41) is 0. The third-order valence-corrected chi connectivity index (χ3v) is 6.00. The number of ketones is 1. The van der Waals surface area contributed by atoms with Crippen LogP contribution in [0.25, 0.3) is 0 Å². The molecule has 3 aromatic carbocycles. The summed E-state index contributed by atoms with van der Waals surface area (Å²) in [7, 11) is -4.13. The Balaban J connectivity index is 2.11. The molecule has 0 unspecified atom stereocenters. The topological polar surface area (TPSA) is 71.5 Å². The number of carbonyl (C=O) groups is 2. The number of anilines is 1. The van der Waals surface area contributed by atoms with Gasteiger partial charge in [-0.15, -0.1) is 0 Å². The van der Waals surface area contributed by atoms with Crippen LogP contribution < -0.4 is 4.31 Å². The van der Waals surface area contributed by atoms with Crippen molar-refractivity contribution in [1.29, 1.82) is 0 Å². The van der Waals surface area contributed by atoms with Crippen molar-refractivity contribution in [1.82, 2.24) is 0 Å². The number of rotatable bonds is 5. The van der Waals surface area contributed by atoms with Crippen molar-refractivity contribution in [3.8, 4) is 0 Å². The number of nitrogens with zero attached hydrogens (tertiary/aromatic N) is 1. The summed E-state index contributed by atoms with van der Waals surface area (Å²) >= 11 is 0. The van der Waals surface area contributed by atoms with Gasteiger partial charge in [0.1, 0.15) is 0 Å². The van der Waals surface area contributed by atoms with Gasteiger partial charge in [-0.25, -0.2) is 8.42 Å². The highest BCUT2D eigenvalue weighted by Crippen LogP contribution is 2.26. The Morgan fingerprint density at radius 3 is 1.82 bits per heavy atom. The van der Waals surface area contributed by atoms with E-state index in [0.29, 0.717) is 5.56 Å². The largest absolute Gasteiger partial charge is 0.295 e. The fourth-order valence-electron chi connectivity index (χ4n) is 2.71. The molecule has 3 rings (SSSR count). The maximum Gasteiger partial charge on any atom is 0.272 e. The maximum atomic E-state index is 13.3. The number of sulfonamides is 1. The van der Waals surface area contributed by atoms with Gasteiger partial charge in [0.2, 0.25) is 0 Å². The number of para-hydroxylation sites is 1. The first-order valence-corrected chi connectivity index (χ1v) is 10.1. The number of aryl methyl sites for hydroxylation is 1. The van der Waals surface area contributed by atoms with Crippen LogP contribution in [0, 0.1) is 6.92 Å². The first kappa shape index (κ1) is 19.5. The van der Waals surface area contributed by atoms with E-state index in [4.69, 9.17) is 0 Å². The predicted molar refractivity (Wildman–Crippen MR) is 108 cm³/mol. The molecule has 28 heavy (non-hydrogen) atoms. The van der Waals surface area contributed by atoms with Crippen molar-refractivity contribution >= 4 is 27.4 Å². The smallest absolute Gasteiger partial charge is 0.272 e. The molecule has 0 spiro atoms. The Morgan fingerprint density at radius 1 is 0.750 bits per heavy atom. The van der Waals surface area contributed by atoms with Gasteiger partial charge in [0, 0.05) is 11.1 Å². The van der Waals surface area contributed by atoms with Crippen LogP contribution in [0.1, 0.15) is 33.2 Å². The molecule has 0 saturated carbocycles. The molecule has 0 radical (unpaired) electrons. The highest BCUT2D eigenvalue weighted by atomic mass is 32.2. The first-order valence-electron chi connectivity index (χ1n) is 8.63. The molecule has 5 nitrogen and oxygen atoms in total. The molecule has 0 heterocycles. The summed E-state index contributed by atoms with van der Waals surface area (Å²) in [5.41, 5.74) is 1.77. The number of hydrogen-bond donors (Lipinski definition) is 0. The van der Waals surface area contributed by atoms with Gasteiger partial charge in [-0.1, -0.05) is 48.0 Å². The Bertz CT molecular complexity index is 1100. The lowest BCUT2D eigenvalue weighted by molar-refractivity contribution is 0.0996. The minimum atomic E-state index is -4.13. The number of hydrogen-bond acceptors (Lipinski definition) is 4. The van der Waals surface area contributed by atoms with E-state index in [0.717, 1.165) is 9.87 Å². The fraction of sp³-hybridized carbons (Fsp3) is 0.0909. The third-order valence-electron chi connectivity index (χ3n) is 4.27. The summed E-state index contributed by atoms with van der Waals surface area (Å²) in [6, 6.07) is 20.5. The molecule has 0 N–H and O–H groups in total. The second-order valence-electron chi connectivity index (χ2n) is 6.36. The van der Waals surface area contributed by atoms with E-state index >= 15 is 0 Å². The van der Waals surface area contributed by atoms with Gasteiger partial charge in [0.05, 0.1) is 10.6 Å². The number of benzene rings is 3. The summed E-state index contributed by atoms with van der Waals surface area (Å²) in [6.45, 7) is 3.28. The summed E-state index contributed by atoms with van der Waals surface area (Å²) in [5.74, 6) is -0.826. The molecule has 6 heteroatoms. The van der Waals surface area contributed by atoms with Crippen LogP contribution in [0.15, 0.2) is 83.8 Å². The lowest BCUT2D eigenvalue weighted by Gasteiger charge is -2.23. The average molecular weight is 393 g/mol. The van der Waals surface area contributed by atoms with Crippen LogP contribution >= 0.6 is 0 Å². The molecule has 0 aliphatic rings. The van der Waals surface area contributed by atoms with E-state index in [1.807, 2.05) is 6.92 Å². The normalized spacial score (nSPS) is 11.1. The molecule has 0 aromatic heterocycles. The maximum absolute atomic E-state index is 13.3. The Morgan fingerprint density at radius 2 is 1.29 bits per heavy atom. The number of Topliss-reactive ketones (excluding diaryl/α,β-unsaturated/α-hetero) is 1. The zero-order valence-electron chi connectivity index (χ0n) is 15.5. The van der Waals surface area contributed by atoms with Gasteiger partial charge in [0.25, 0.3) is 15.9 Å². The molecule has 0 fully saturated rings. The van der Waals surface area contributed by atoms with E-state index in [1.165, 1.54) is 43.3 Å². The summed E-state index contributed by atoms with van der Waals surface area (Å²) in [4.78, 5) is 24.7. The number of amides is 1. The average Bonchev–Trinajstić information content (AvgIpc) is 2.69. The monoisotopic (exact) mass is 393 g/mol. The minimum Gasteiger partial charge on any atom is -0.295 e. The number of carbonyl (C=O) groups excluding carboxylic acids is 2. The fourth-order valence-corrected chi connectivity index (χ4v) is 4.12. The van der Waals surface area contributed by atoms with Crippen molar-refractivity contribution in [2.24, 2.45) is 0 Å². The third kappa shape index (κ3) is 3.87. The van der Waals surface area contributed by atoms with Gasteiger partial charge in [-0.2, -0.15) is 4.31 Å². The van der Waals surface area contributed by atoms with Crippen LogP contribution in [0.4, 0.5) is 5.69 Å². The van der Waals surface area contributed by atoms with Crippen LogP contribution in [-0.2, 0) is 10.0 Å². The van der Waals surface area contributed by atoms with Crippen molar-refractivity contribution in [3.63, 3.8) is 0 Å². The van der Waals surface area contributed by atoms with E-state index < -0.39 is 15.9 Å². The van der Waals surface area contributed by atoms with Gasteiger partial charge >= 0.3 is 0 Å². The second kappa shape index (κ2) is 7.78. The summed E-state index contributed by atoms with van der Waals surface area (Å²) in [6.07, 6.45) is 0. The van der Waals surface area contributed by atoms with Crippen LogP contribution in [0.2, 0.25) is 0 Å². The van der Waals surface area contributed by atoms with Crippen molar-refractivity contribution in [3.05, 3.63) is 95.6 Å². The highest BCUT2D eigenvalue weighted by Gasteiger charge is 2.31. The quantitative estimate of drug-likeness (QED) is 0.608. The summed E-state index contributed by atoms with van der Waals surface area (Å²) < 4.78 is 27.4. The molecule has 1 amide bonds. The molecule has 0 aliphatic carbocycles. The Kier molecular flexibility index (Phi) is 5.42. The zero-order valence-corrected chi connectivity index (χ0v) is 16.3. The second-order valence-corrected chi connectivity index (χ2v) is 8.14. The molecule has 0 atom stereocenters. The minimum absolute atomic E-state index is 0.0238. The SMILES string of the molecule is CC(=O)c1ccc(C(=O)N(c2ccccc2)S(=O)(=O)c2ccc(C)cc2)cc1. The lowest BCUT2D eigenvalue weighted by atomic mass is 10.1. The van der Waals surface area contributed by atoms with Gasteiger partial charge < -0.3 is 0 Å². The molecule has 142 valence electrons. The van der Waals surface area contributed by atoms with Crippen LogP contribution in [-0.4, -0.2) is 20.1 Å². The van der Waals surface area contributed by atoms with E-state index in [1.54, 1.807) is 42.5 Å². The van der Waals surface area contributed by atoms with Crippen molar-refractivity contribution in [2.45, 2.75) is 18.7 Å².